The Morgan fingerprint density at radius 3 is 1.92 bits per heavy atom. The van der Waals surface area contributed by atoms with Crippen molar-refractivity contribution in [3.05, 3.63) is 71.8 Å². The minimum atomic E-state index is 0.114. The van der Waals surface area contributed by atoms with E-state index in [1.54, 1.807) is 0 Å². The van der Waals surface area contributed by atoms with Crippen LogP contribution in [0.15, 0.2) is 60.7 Å². The highest BCUT2D eigenvalue weighted by Gasteiger charge is 2.14. The zero-order valence-corrected chi connectivity index (χ0v) is 14.7. The first-order valence-corrected chi connectivity index (χ1v) is 8.77. The molecule has 0 saturated heterocycles. The van der Waals surface area contributed by atoms with Crippen LogP contribution in [0.5, 0.6) is 0 Å². The van der Waals surface area contributed by atoms with E-state index < -0.39 is 0 Å². The van der Waals surface area contributed by atoms with Crippen LogP contribution in [0.1, 0.15) is 43.7 Å². The number of benzene rings is 2. The van der Waals surface area contributed by atoms with Gasteiger partial charge in [-0.1, -0.05) is 74.5 Å². The van der Waals surface area contributed by atoms with E-state index in [1.807, 2.05) is 12.1 Å². The summed E-state index contributed by atoms with van der Waals surface area (Å²) in [7, 11) is 0. The Balaban J connectivity index is 1.89. The van der Waals surface area contributed by atoms with E-state index in [9.17, 15) is 4.79 Å². The molecule has 0 aromatic heterocycles. The van der Waals surface area contributed by atoms with E-state index in [1.165, 1.54) is 11.1 Å². The summed E-state index contributed by atoms with van der Waals surface area (Å²) >= 11 is 0. The number of hydrogen-bond acceptors (Lipinski definition) is 2. The molecular formula is C21H28N2O. The van der Waals surface area contributed by atoms with E-state index in [2.05, 4.69) is 73.0 Å². The highest BCUT2D eigenvalue weighted by atomic mass is 16.1. The van der Waals surface area contributed by atoms with Crippen molar-refractivity contribution in [3.8, 4) is 0 Å². The number of amides is 1. The lowest BCUT2D eigenvalue weighted by atomic mass is 9.88. The van der Waals surface area contributed by atoms with Gasteiger partial charge in [-0.25, -0.2) is 0 Å². The lowest BCUT2D eigenvalue weighted by Crippen LogP contribution is -2.31. The third-order valence-corrected chi connectivity index (χ3v) is 4.06. The maximum atomic E-state index is 11.9. The van der Waals surface area contributed by atoms with Crippen molar-refractivity contribution in [1.29, 1.82) is 0 Å². The van der Waals surface area contributed by atoms with Crippen LogP contribution in [0.2, 0.25) is 0 Å². The summed E-state index contributed by atoms with van der Waals surface area (Å²) in [6, 6.07) is 21.4. The average Bonchev–Trinajstić information content (AvgIpc) is 2.60. The lowest BCUT2D eigenvalue weighted by Gasteiger charge is -2.18. The molecule has 0 fully saturated rings. The minimum Gasteiger partial charge on any atom is -0.356 e. The first-order chi connectivity index (χ1) is 11.7. The Labute approximate surface area is 145 Å². The fraction of sp³-hybridized carbons (Fsp3) is 0.381. The largest absolute Gasteiger partial charge is 0.356 e. The number of carbonyl (C=O) groups is 1. The molecule has 0 spiro atoms. The van der Waals surface area contributed by atoms with E-state index in [-0.39, 0.29) is 5.91 Å². The van der Waals surface area contributed by atoms with Crippen LogP contribution in [0, 0.1) is 0 Å². The SMILES string of the molecule is CC(C)NCCC(=O)NCCC(c1ccccc1)c1ccccc1. The van der Waals surface area contributed by atoms with Gasteiger partial charge in [0.25, 0.3) is 0 Å². The molecule has 0 unspecified atom stereocenters. The third-order valence-electron chi connectivity index (χ3n) is 4.06. The van der Waals surface area contributed by atoms with Gasteiger partial charge in [0, 0.05) is 31.5 Å². The van der Waals surface area contributed by atoms with Gasteiger partial charge in [0.15, 0.2) is 0 Å². The smallest absolute Gasteiger partial charge is 0.221 e. The second kappa shape index (κ2) is 9.89. The quantitative estimate of drug-likeness (QED) is 0.738. The number of nitrogens with one attached hydrogen (secondary N) is 2. The molecule has 0 saturated carbocycles. The topological polar surface area (TPSA) is 41.1 Å². The lowest BCUT2D eigenvalue weighted by molar-refractivity contribution is -0.121. The molecule has 2 N–H and O–H groups in total. The first kappa shape index (κ1) is 18.2. The standard InChI is InChI=1S/C21H28N2O/c1-17(2)22-16-14-21(24)23-15-13-20(18-9-5-3-6-10-18)19-11-7-4-8-12-19/h3-12,17,20,22H,13-16H2,1-2H3,(H,23,24). The van der Waals surface area contributed by atoms with Crippen molar-refractivity contribution in [2.45, 2.75) is 38.6 Å². The predicted octanol–water partition coefficient (Wildman–Crippen LogP) is 3.71. The molecule has 3 heteroatoms. The van der Waals surface area contributed by atoms with Crippen LogP contribution in [0.25, 0.3) is 0 Å². The first-order valence-electron chi connectivity index (χ1n) is 8.77. The second-order valence-corrected chi connectivity index (χ2v) is 6.37. The Morgan fingerprint density at radius 2 is 1.42 bits per heavy atom. The zero-order chi connectivity index (χ0) is 17.2. The maximum absolute atomic E-state index is 11.9. The summed E-state index contributed by atoms with van der Waals surface area (Å²) in [5.74, 6) is 0.421. The molecule has 0 bridgehead atoms. The van der Waals surface area contributed by atoms with E-state index in [0.29, 0.717) is 24.9 Å². The van der Waals surface area contributed by atoms with Gasteiger partial charge in [-0.05, 0) is 17.5 Å². The van der Waals surface area contributed by atoms with Crippen LogP contribution >= 0.6 is 0 Å². The average molecular weight is 324 g/mol. The summed E-state index contributed by atoms with van der Waals surface area (Å²) in [6.45, 7) is 5.59. The Bertz CT molecular complexity index is 556. The van der Waals surface area contributed by atoms with Crippen LogP contribution < -0.4 is 10.6 Å². The van der Waals surface area contributed by atoms with Gasteiger partial charge in [-0.2, -0.15) is 0 Å². The molecule has 0 heterocycles. The predicted molar refractivity (Wildman–Crippen MR) is 100 cm³/mol. The summed E-state index contributed by atoms with van der Waals surface area (Å²) in [4.78, 5) is 11.9. The van der Waals surface area contributed by atoms with E-state index in [4.69, 9.17) is 0 Å². The van der Waals surface area contributed by atoms with Gasteiger partial charge in [0.05, 0.1) is 0 Å². The fourth-order valence-corrected chi connectivity index (χ4v) is 2.82. The molecule has 0 aliphatic carbocycles. The van der Waals surface area contributed by atoms with Crippen LogP contribution in [0.4, 0.5) is 0 Å². The van der Waals surface area contributed by atoms with Crippen LogP contribution in [-0.2, 0) is 4.79 Å². The number of carbonyl (C=O) groups excluding carboxylic acids is 1. The second-order valence-electron chi connectivity index (χ2n) is 6.37. The molecular weight excluding hydrogens is 296 g/mol. The molecule has 0 aliphatic heterocycles. The molecule has 0 atom stereocenters. The molecule has 24 heavy (non-hydrogen) atoms. The van der Waals surface area contributed by atoms with E-state index >= 15 is 0 Å². The number of rotatable bonds is 9. The molecule has 3 nitrogen and oxygen atoms in total. The van der Waals surface area contributed by atoms with Crippen molar-refractivity contribution in [2.75, 3.05) is 13.1 Å². The molecule has 0 aliphatic rings. The minimum absolute atomic E-state index is 0.114. The van der Waals surface area contributed by atoms with E-state index in [0.717, 1.165) is 13.0 Å². The monoisotopic (exact) mass is 324 g/mol. The van der Waals surface area contributed by atoms with Gasteiger partial charge < -0.3 is 10.6 Å². The van der Waals surface area contributed by atoms with Crippen LogP contribution in [0.3, 0.4) is 0 Å². The zero-order valence-electron chi connectivity index (χ0n) is 14.7. The number of hydrogen-bond donors (Lipinski definition) is 2. The highest BCUT2D eigenvalue weighted by molar-refractivity contribution is 5.76. The normalized spacial score (nSPS) is 11.0. The van der Waals surface area contributed by atoms with Crippen molar-refractivity contribution < 1.29 is 4.79 Å². The fourth-order valence-electron chi connectivity index (χ4n) is 2.82. The van der Waals surface area contributed by atoms with Gasteiger partial charge in [-0.15, -0.1) is 0 Å². The van der Waals surface area contributed by atoms with Crippen molar-refractivity contribution in [1.82, 2.24) is 10.6 Å². The van der Waals surface area contributed by atoms with Gasteiger partial charge in [0.2, 0.25) is 5.91 Å². The highest BCUT2D eigenvalue weighted by Crippen LogP contribution is 2.27. The van der Waals surface area contributed by atoms with Gasteiger partial charge >= 0.3 is 0 Å². The third kappa shape index (κ3) is 6.17. The molecule has 2 aromatic rings. The van der Waals surface area contributed by atoms with Gasteiger partial charge in [-0.3, -0.25) is 4.79 Å². The summed E-state index contributed by atoms with van der Waals surface area (Å²) in [5, 5.41) is 6.31. The Morgan fingerprint density at radius 1 is 0.875 bits per heavy atom. The summed E-state index contributed by atoms with van der Waals surface area (Å²) in [6.07, 6.45) is 1.43. The van der Waals surface area contributed by atoms with Crippen molar-refractivity contribution in [3.63, 3.8) is 0 Å². The van der Waals surface area contributed by atoms with Crippen molar-refractivity contribution in [2.24, 2.45) is 0 Å². The van der Waals surface area contributed by atoms with Crippen molar-refractivity contribution >= 4 is 5.91 Å². The molecule has 1 amide bonds. The molecule has 2 aromatic carbocycles. The maximum Gasteiger partial charge on any atom is 0.221 e. The summed E-state index contributed by atoms with van der Waals surface area (Å²) < 4.78 is 0. The van der Waals surface area contributed by atoms with Gasteiger partial charge in [0.1, 0.15) is 0 Å². The molecule has 128 valence electrons. The van der Waals surface area contributed by atoms with Crippen LogP contribution in [-0.4, -0.2) is 25.0 Å². The molecule has 2 rings (SSSR count). The Kier molecular flexibility index (Phi) is 7.50. The molecule has 0 radical (unpaired) electrons. The summed E-state index contributed by atoms with van der Waals surface area (Å²) in [5.41, 5.74) is 2.58. The Hall–Kier alpha value is -2.13.